The van der Waals surface area contributed by atoms with E-state index in [-0.39, 0.29) is 0 Å². The van der Waals surface area contributed by atoms with Crippen molar-refractivity contribution in [1.82, 2.24) is 5.32 Å². The molecule has 0 amide bonds. The van der Waals surface area contributed by atoms with Gasteiger partial charge in [0.05, 0.1) is 0 Å². The molecule has 0 radical (unpaired) electrons. The molecule has 112 valence electrons. The molecule has 1 aromatic carbocycles. The van der Waals surface area contributed by atoms with E-state index < -0.39 is 0 Å². The average molecular weight is 292 g/mol. The van der Waals surface area contributed by atoms with Crippen LogP contribution in [0.25, 0.3) is 0 Å². The highest BCUT2D eigenvalue weighted by atomic mass is 32.2. The Balaban J connectivity index is 1.79. The summed E-state index contributed by atoms with van der Waals surface area (Å²) in [7, 11) is 2.14. The van der Waals surface area contributed by atoms with E-state index >= 15 is 0 Å². The predicted octanol–water partition coefficient (Wildman–Crippen LogP) is 4.97. The topological polar surface area (TPSA) is 12.0 Å². The molecule has 3 atom stereocenters. The Hall–Kier alpha value is -0.470. The third kappa shape index (κ3) is 4.82. The Labute approximate surface area is 128 Å². The zero-order valence-corrected chi connectivity index (χ0v) is 13.8. The number of thioether (sulfide) groups is 1. The molecule has 0 aromatic heterocycles. The van der Waals surface area contributed by atoms with Crippen LogP contribution in [-0.2, 0) is 0 Å². The van der Waals surface area contributed by atoms with Crippen LogP contribution in [0.15, 0.2) is 35.2 Å². The van der Waals surface area contributed by atoms with Crippen molar-refractivity contribution in [1.29, 1.82) is 0 Å². The summed E-state index contributed by atoms with van der Waals surface area (Å²) < 4.78 is 0. The smallest absolute Gasteiger partial charge is 0.00928 e. The molecule has 1 saturated carbocycles. The second-order valence-corrected chi connectivity index (χ2v) is 7.24. The Morgan fingerprint density at radius 3 is 2.65 bits per heavy atom. The molecular formula is C18H29NS. The normalized spacial score (nSPS) is 26.6. The van der Waals surface area contributed by atoms with Gasteiger partial charge in [0.15, 0.2) is 0 Å². The third-order valence-electron chi connectivity index (χ3n) is 4.66. The molecule has 0 bridgehead atoms. The van der Waals surface area contributed by atoms with Crippen LogP contribution in [0.1, 0.15) is 45.4 Å². The summed E-state index contributed by atoms with van der Waals surface area (Å²) in [6.07, 6.45) is 8.38. The minimum Gasteiger partial charge on any atom is -0.317 e. The molecule has 0 heterocycles. The first-order valence-electron chi connectivity index (χ1n) is 8.18. The maximum Gasteiger partial charge on any atom is 0.00928 e. The first-order chi connectivity index (χ1) is 9.83. The Kier molecular flexibility index (Phi) is 6.95. The first kappa shape index (κ1) is 15.9. The highest BCUT2D eigenvalue weighted by Crippen LogP contribution is 2.35. The van der Waals surface area contributed by atoms with Crippen molar-refractivity contribution in [2.24, 2.45) is 11.8 Å². The lowest BCUT2D eigenvalue weighted by atomic mass is 9.75. The molecule has 0 aliphatic heterocycles. The van der Waals surface area contributed by atoms with Gasteiger partial charge in [-0.2, -0.15) is 0 Å². The molecule has 0 spiro atoms. The molecule has 2 rings (SSSR count). The molecule has 0 saturated heterocycles. The maximum absolute atomic E-state index is 3.56. The molecule has 1 nitrogen and oxygen atoms in total. The van der Waals surface area contributed by atoms with Crippen molar-refractivity contribution in [3.63, 3.8) is 0 Å². The van der Waals surface area contributed by atoms with Crippen molar-refractivity contribution >= 4 is 11.8 Å². The average Bonchev–Trinajstić information content (AvgIpc) is 2.49. The van der Waals surface area contributed by atoms with Crippen molar-refractivity contribution in [2.75, 3.05) is 12.8 Å². The van der Waals surface area contributed by atoms with Gasteiger partial charge < -0.3 is 5.32 Å². The van der Waals surface area contributed by atoms with Crippen molar-refractivity contribution in [3.05, 3.63) is 30.3 Å². The monoisotopic (exact) mass is 291 g/mol. The molecule has 1 aromatic rings. The number of benzene rings is 1. The maximum atomic E-state index is 3.56. The second kappa shape index (κ2) is 8.74. The van der Waals surface area contributed by atoms with Crippen LogP contribution >= 0.6 is 11.8 Å². The fourth-order valence-corrected chi connectivity index (χ4v) is 4.58. The number of hydrogen-bond acceptors (Lipinski definition) is 2. The minimum absolute atomic E-state index is 0.750. The minimum atomic E-state index is 0.750. The van der Waals surface area contributed by atoms with E-state index in [4.69, 9.17) is 0 Å². The lowest BCUT2D eigenvalue weighted by Gasteiger charge is -2.36. The van der Waals surface area contributed by atoms with E-state index in [0.29, 0.717) is 0 Å². The van der Waals surface area contributed by atoms with E-state index in [1.54, 1.807) is 0 Å². The van der Waals surface area contributed by atoms with Crippen molar-refractivity contribution in [2.45, 2.75) is 56.4 Å². The molecular weight excluding hydrogens is 262 g/mol. The summed E-state index contributed by atoms with van der Waals surface area (Å²) in [5.41, 5.74) is 0. The van der Waals surface area contributed by atoms with Gasteiger partial charge in [0.2, 0.25) is 0 Å². The summed E-state index contributed by atoms with van der Waals surface area (Å²) >= 11 is 2.01. The number of hydrogen-bond donors (Lipinski definition) is 1. The van der Waals surface area contributed by atoms with Gasteiger partial charge in [0.1, 0.15) is 0 Å². The van der Waals surface area contributed by atoms with Crippen LogP contribution in [0, 0.1) is 11.8 Å². The predicted molar refractivity (Wildman–Crippen MR) is 90.4 cm³/mol. The Morgan fingerprint density at radius 2 is 1.95 bits per heavy atom. The summed E-state index contributed by atoms with van der Waals surface area (Å²) in [5.74, 6) is 3.11. The van der Waals surface area contributed by atoms with E-state index in [2.05, 4.69) is 49.6 Å². The van der Waals surface area contributed by atoms with Crippen LogP contribution < -0.4 is 5.32 Å². The largest absolute Gasteiger partial charge is 0.317 e. The molecule has 1 aliphatic rings. The van der Waals surface area contributed by atoms with E-state index in [1.807, 2.05) is 11.8 Å². The number of nitrogens with one attached hydrogen (secondary N) is 1. The second-order valence-electron chi connectivity index (χ2n) is 6.07. The highest BCUT2D eigenvalue weighted by molar-refractivity contribution is 7.99. The summed E-state index contributed by atoms with van der Waals surface area (Å²) in [6.45, 7) is 2.32. The third-order valence-corrected chi connectivity index (χ3v) is 5.70. The lowest BCUT2D eigenvalue weighted by molar-refractivity contribution is 0.198. The first-order valence-corrected chi connectivity index (χ1v) is 9.17. The van der Waals surface area contributed by atoms with Crippen LogP contribution in [0.2, 0.25) is 0 Å². The fraction of sp³-hybridized carbons (Fsp3) is 0.667. The zero-order chi connectivity index (χ0) is 14.2. The molecule has 2 heteroatoms. The van der Waals surface area contributed by atoms with Crippen LogP contribution in [-0.4, -0.2) is 18.8 Å². The quantitative estimate of drug-likeness (QED) is 0.712. The summed E-state index contributed by atoms with van der Waals surface area (Å²) in [5, 5.41) is 3.56. The van der Waals surface area contributed by atoms with Gasteiger partial charge in [0, 0.05) is 10.9 Å². The van der Waals surface area contributed by atoms with Gasteiger partial charge in [0.25, 0.3) is 0 Å². The Morgan fingerprint density at radius 1 is 1.15 bits per heavy atom. The van der Waals surface area contributed by atoms with Crippen molar-refractivity contribution < 1.29 is 0 Å². The van der Waals surface area contributed by atoms with Gasteiger partial charge >= 0.3 is 0 Å². The van der Waals surface area contributed by atoms with Gasteiger partial charge in [-0.3, -0.25) is 0 Å². The highest BCUT2D eigenvalue weighted by Gasteiger charge is 2.28. The Bertz CT molecular complexity index is 365. The van der Waals surface area contributed by atoms with Gasteiger partial charge in [-0.1, -0.05) is 38.0 Å². The van der Waals surface area contributed by atoms with Gasteiger partial charge in [-0.15, -0.1) is 11.8 Å². The van der Waals surface area contributed by atoms with E-state index in [9.17, 15) is 0 Å². The molecule has 3 unspecified atom stereocenters. The summed E-state index contributed by atoms with van der Waals surface area (Å²) in [6, 6.07) is 11.6. The molecule has 1 N–H and O–H groups in total. The van der Waals surface area contributed by atoms with Crippen LogP contribution in [0.5, 0.6) is 0 Å². The van der Waals surface area contributed by atoms with E-state index in [0.717, 1.165) is 17.9 Å². The summed E-state index contributed by atoms with van der Waals surface area (Å²) in [4.78, 5) is 1.41. The van der Waals surface area contributed by atoms with Gasteiger partial charge in [-0.05, 0) is 62.5 Å². The molecule has 1 fully saturated rings. The van der Waals surface area contributed by atoms with Crippen LogP contribution in [0.3, 0.4) is 0 Å². The fourth-order valence-electron chi connectivity index (χ4n) is 3.58. The van der Waals surface area contributed by atoms with E-state index in [1.165, 1.54) is 49.2 Å². The van der Waals surface area contributed by atoms with Crippen LogP contribution in [0.4, 0.5) is 0 Å². The molecule has 1 aliphatic carbocycles. The lowest BCUT2D eigenvalue weighted by Crippen LogP contribution is -2.39. The number of rotatable bonds is 7. The molecule has 20 heavy (non-hydrogen) atoms. The standard InChI is InChI=1S/C18H29NS/c1-3-7-15-10-11-18(19-2)16(14-15)12-13-20-17-8-5-4-6-9-17/h4-6,8-9,15-16,18-19H,3,7,10-14H2,1-2H3. The van der Waals surface area contributed by atoms with Gasteiger partial charge in [-0.25, -0.2) is 0 Å². The van der Waals surface area contributed by atoms with Crippen molar-refractivity contribution in [3.8, 4) is 0 Å². The zero-order valence-electron chi connectivity index (χ0n) is 13.0. The SMILES string of the molecule is CCCC1CCC(NC)C(CCSc2ccccc2)C1.